The fourth-order valence-corrected chi connectivity index (χ4v) is 4.30. The van der Waals surface area contributed by atoms with Gasteiger partial charge in [-0.1, -0.05) is 18.2 Å². The van der Waals surface area contributed by atoms with Gasteiger partial charge in [-0.05, 0) is 57.0 Å². The van der Waals surface area contributed by atoms with Crippen molar-refractivity contribution in [2.45, 2.75) is 26.7 Å². The smallest absolute Gasteiger partial charge is 0.338 e. The summed E-state index contributed by atoms with van der Waals surface area (Å²) in [5, 5.41) is 0. The lowest BCUT2D eigenvalue weighted by atomic mass is 9.97. The van der Waals surface area contributed by atoms with E-state index in [1.807, 2.05) is 31.2 Å². The monoisotopic (exact) mass is 463 g/mol. The molecule has 178 valence electrons. The average molecular weight is 464 g/mol. The lowest BCUT2D eigenvalue weighted by Gasteiger charge is -2.33. The molecule has 1 fully saturated rings. The molecule has 2 aromatic carbocycles. The van der Waals surface area contributed by atoms with Crippen LogP contribution in [0.5, 0.6) is 0 Å². The highest BCUT2D eigenvalue weighted by molar-refractivity contribution is 6.54. The number of para-hydroxylation sites is 1. The van der Waals surface area contributed by atoms with Crippen molar-refractivity contribution in [3.8, 4) is 0 Å². The average Bonchev–Trinajstić information content (AvgIpc) is 3.11. The number of likely N-dealkylation sites (tertiary alicyclic amines) is 1. The van der Waals surface area contributed by atoms with E-state index in [1.54, 1.807) is 36.1 Å². The molecule has 0 saturated carbocycles. The molecule has 2 aliphatic rings. The van der Waals surface area contributed by atoms with Crippen LogP contribution < -0.4 is 4.90 Å². The lowest BCUT2D eigenvalue weighted by molar-refractivity contribution is -0.149. The number of carbonyl (C=O) groups is 3. The summed E-state index contributed by atoms with van der Waals surface area (Å²) in [6, 6.07) is 14.3. The minimum Gasteiger partial charge on any atom is -0.466 e. The van der Waals surface area contributed by atoms with Gasteiger partial charge in [-0.25, -0.2) is 9.79 Å². The third kappa shape index (κ3) is 5.02. The number of benzene rings is 2. The summed E-state index contributed by atoms with van der Waals surface area (Å²) in [5.74, 6) is -0.759. The summed E-state index contributed by atoms with van der Waals surface area (Å²) in [5.41, 5.74) is 3.01. The van der Waals surface area contributed by atoms with E-state index in [-0.39, 0.29) is 23.8 Å². The van der Waals surface area contributed by atoms with E-state index in [2.05, 4.69) is 9.89 Å². The quantitative estimate of drug-likeness (QED) is 0.584. The summed E-state index contributed by atoms with van der Waals surface area (Å²) in [6.45, 7) is 6.16. The highest BCUT2D eigenvalue weighted by atomic mass is 16.5. The summed E-state index contributed by atoms with van der Waals surface area (Å²) < 4.78 is 10.2. The second-order valence-corrected chi connectivity index (χ2v) is 8.26. The Bertz CT molecular complexity index is 1090. The van der Waals surface area contributed by atoms with Gasteiger partial charge in [0, 0.05) is 18.7 Å². The maximum absolute atomic E-state index is 13.4. The van der Waals surface area contributed by atoms with E-state index >= 15 is 0 Å². The zero-order valence-corrected chi connectivity index (χ0v) is 19.5. The minimum atomic E-state index is -0.387. The van der Waals surface area contributed by atoms with Crippen molar-refractivity contribution in [1.82, 2.24) is 4.90 Å². The lowest BCUT2D eigenvalue weighted by Crippen LogP contribution is -2.45. The summed E-state index contributed by atoms with van der Waals surface area (Å²) in [6.07, 6.45) is 1.44. The number of anilines is 1. The molecule has 0 N–H and O–H groups in total. The third-order valence-corrected chi connectivity index (χ3v) is 6.07. The van der Waals surface area contributed by atoms with Gasteiger partial charge in [-0.3, -0.25) is 19.4 Å². The summed E-state index contributed by atoms with van der Waals surface area (Å²) in [7, 11) is 0. The van der Waals surface area contributed by atoms with Crippen LogP contribution in [0.4, 0.5) is 11.4 Å². The topological polar surface area (TPSA) is 88.5 Å². The first-order valence-electron chi connectivity index (χ1n) is 11.7. The van der Waals surface area contributed by atoms with Crippen molar-refractivity contribution in [3.63, 3.8) is 0 Å². The normalized spacial score (nSPS) is 17.6. The predicted molar refractivity (Wildman–Crippen MR) is 128 cm³/mol. The van der Waals surface area contributed by atoms with Gasteiger partial charge in [-0.15, -0.1) is 0 Å². The van der Waals surface area contributed by atoms with Crippen molar-refractivity contribution < 1.29 is 23.9 Å². The maximum Gasteiger partial charge on any atom is 0.338 e. The molecule has 4 rings (SSSR count). The number of nitrogens with zero attached hydrogens (tertiary/aromatic N) is 3. The van der Waals surface area contributed by atoms with E-state index in [1.165, 1.54) is 0 Å². The zero-order valence-electron chi connectivity index (χ0n) is 19.5. The number of carbonyl (C=O) groups excluding carboxylic acids is 3. The molecule has 0 radical (unpaired) electrons. The number of esters is 2. The molecular weight excluding hydrogens is 434 g/mol. The van der Waals surface area contributed by atoms with E-state index in [0.29, 0.717) is 36.8 Å². The highest BCUT2D eigenvalue weighted by Crippen LogP contribution is 2.32. The van der Waals surface area contributed by atoms with Gasteiger partial charge in [0.05, 0.1) is 42.7 Å². The Balaban J connectivity index is 1.49. The van der Waals surface area contributed by atoms with Gasteiger partial charge in [0.25, 0.3) is 5.91 Å². The van der Waals surface area contributed by atoms with Gasteiger partial charge in [-0.2, -0.15) is 0 Å². The molecule has 2 heterocycles. The zero-order chi connectivity index (χ0) is 24.1. The molecule has 1 saturated heterocycles. The van der Waals surface area contributed by atoms with Gasteiger partial charge >= 0.3 is 11.9 Å². The Labute approximate surface area is 199 Å². The third-order valence-electron chi connectivity index (χ3n) is 6.07. The largest absolute Gasteiger partial charge is 0.466 e. The second kappa shape index (κ2) is 10.6. The number of hydrogen-bond donors (Lipinski definition) is 0. The van der Waals surface area contributed by atoms with Crippen molar-refractivity contribution in [2.75, 3.05) is 37.9 Å². The first-order valence-corrected chi connectivity index (χ1v) is 11.7. The standard InChI is InChI=1S/C26H29N3O5/c1-3-33-25(31)18-9-11-20(12-10-18)27-23-21-7-5-6-8-22(21)29(24(23)30)17-28-15-13-19(14-16-28)26(32)34-4-2/h5-12,19H,3-4,13-17H2,1-2H3. The molecule has 0 atom stereocenters. The number of piperidine rings is 1. The van der Waals surface area contributed by atoms with E-state index < -0.39 is 0 Å². The molecular formula is C26H29N3O5. The van der Waals surface area contributed by atoms with Crippen LogP contribution >= 0.6 is 0 Å². The van der Waals surface area contributed by atoms with Crippen LogP contribution in [0.3, 0.4) is 0 Å². The number of ether oxygens (including phenoxy) is 2. The first-order chi connectivity index (χ1) is 16.5. The van der Waals surface area contributed by atoms with E-state index in [4.69, 9.17) is 9.47 Å². The molecule has 2 aromatic rings. The van der Waals surface area contributed by atoms with Crippen molar-refractivity contribution in [3.05, 3.63) is 59.7 Å². The van der Waals surface area contributed by atoms with Crippen LogP contribution in [0.2, 0.25) is 0 Å². The van der Waals surface area contributed by atoms with Crippen LogP contribution in [-0.2, 0) is 19.1 Å². The number of hydrogen-bond acceptors (Lipinski definition) is 7. The minimum absolute atomic E-state index is 0.0764. The molecule has 2 aliphatic heterocycles. The van der Waals surface area contributed by atoms with Crippen LogP contribution in [0, 0.1) is 5.92 Å². The highest BCUT2D eigenvalue weighted by Gasteiger charge is 2.36. The number of aliphatic imine (C=N–C) groups is 1. The van der Waals surface area contributed by atoms with Crippen LogP contribution in [0.15, 0.2) is 53.5 Å². The second-order valence-electron chi connectivity index (χ2n) is 8.26. The summed E-state index contributed by atoms with van der Waals surface area (Å²) >= 11 is 0. The van der Waals surface area contributed by atoms with E-state index in [9.17, 15) is 14.4 Å². The molecule has 1 amide bonds. The summed E-state index contributed by atoms with van der Waals surface area (Å²) in [4.78, 5) is 45.8. The SMILES string of the molecule is CCOC(=O)c1ccc(N=C2C(=O)N(CN3CCC(C(=O)OCC)CC3)c3ccccc32)cc1. The Morgan fingerprint density at radius 3 is 2.32 bits per heavy atom. The number of fused-ring (bicyclic) bond motifs is 1. The molecule has 8 nitrogen and oxygen atoms in total. The Morgan fingerprint density at radius 1 is 0.971 bits per heavy atom. The predicted octanol–water partition coefficient (Wildman–Crippen LogP) is 3.56. The number of amides is 1. The molecule has 0 bridgehead atoms. The van der Waals surface area contributed by atoms with Crippen LogP contribution in [-0.4, -0.2) is 61.4 Å². The Morgan fingerprint density at radius 2 is 1.65 bits per heavy atom. The van der Waals surface area contributed by atoms with Crippen molar-refractivity contribution in [2.24, 2.45) is 10.9 Å². The fraction of sp³-hybridized carbons (Fsp3) is 0.385. The number of rotatable bonds is 7. The molecule has 0 aliphatic carbocycles. The fourth-order valence-electron chi connectivity index (χ4n) is 4.30. The van der Waals surface area contributed by atoms with E-state index in [0.717, 1.165) is 37.2 Å². The Kier molecular flexibility index (Phi) is 7.37. The van der Waals surface area contributed by atoms with Crippen molar-refractivity contribution >= 4 is 34.9 Å². The van der Waals surface area contributed by atoms with Gasteiger partial charge in [0.1, 0.15) is 5.71 Å². The molecule has 0 aromatic heterocycles. The molecule has 8 heteroatoms. The molecule has 34 heavy (non-hydrogen) atoms. The maximum atomic E-state index is 13.4. The van der Waals surface area contributed by atoms with Gasteiger partial charge in [0.15, 0.2) is 0 Å². The van der Waals surface area contributed by atoms with Gasteiger partial charge in [0.2, 0.25) is 0 Å². The van der Waals surface area contributed by atoms with Gasteiger partial charge < -0.3 is 9.47 Å². The van der Waals surface area contributed by atoms with Crippen LogP contribution in [0.25, 0.3) is 0 Å². The van der Waals surface area contributed by atoms with Crippen molar-refractivity contribution in [1.29, 1.82) is 0 Å². The van der Waals surface area contributed by atoms with Crippen LogP contribution in [0.1, 0.15) is 42.6 Å². The first kappa shape index (κ1) is 23.6. The Hall–Kier alpha value is -3.52. The molecule has 0 unspecified atom stereocenters. The molecule has 0 spiro atoms.